The van der Waals surface area contributed by atoms with Crippen molar-refractivity contribution in [3.63, 3.8) is 0 Å². The largest absolute Gasteiger partial charge is 0.352 e. The Morgan fingerprint density at radius 2 is 1.68 bits per heavy atom. The van der Waals surface area contributed by atoms with Gasteiger partial charge in [-0.25, -0.2) is 9.97 Å². The van der Waals surface area contributed by atoms with Gasteiger partial charge in [0.2, 0.25) is 5.95 Å². The number of anilines is 1. The summed E-state index contributed by atoms with van der Waals surface area (Å²) in [5, 5.41) is 3.46. The Kier molecular flexibility index (Phi) is 6.56. The normalized spacial score (nSPS) is 14.5. The van der Waals surface area contributed by atoms with E-state index in [0.717, 1.165) is 43.7 Å². The molecule has 0 atom stereocenters. The highest BCUT2D eigenvalue weighted by Crippen LogP contribution is 2.10. The van der Waals surface area contributed by atoms with Crippen LogP contribution in [0.5, 0.6) is 0 Å². The molecule has 0 spiro atoms. The molecule has 1 aliphatic rings. The Bertz CT molecular complexity index is 1060. The predicted octanol–water partition coefficient (Wildman–Crippen LogP) is 1.58. The molecule has 3 aromatic rings. The Balaban J connectivity index is 1.29. The molecule has 1 aromatic carbocycles. The van der Waals surface area contributed by atoms with Crippen molar-refractivity contribution in [1.29, 1.82) is 0 Å². The molecule has 4 rings (SSSR count). The number of guanidine groups is 1. The van der Waals surface area contributed by atoms with Crippen LogP contribution in [0.4, 0.5) is 5.95 Å². The van der Waals surface area contributed by atoms with Crippen LogP contribution >= 0.6 is 0 Å². The van der Waals surface area contributed by atoms with Crippen molar-refractivity contribution in [1.82, 2.24) is 24.8 Å². The van der Waals surface area contributed by atoms with Gasteiger partial charge in [-0.3, -0.25) is 9.79 Å². The second kappa shape index (κ2) is 9.88. The van der Waals surface area contributed by atoms with Crippen LogP contribution < -0.4 is 15.8 Å². The summed E-state index contributed by atoms with van der Waals surface area (Å²) in [5.74, 6) is 1.68. The summed E-state index contributed by atoms with van der Waals surface area (Å²) in [5.41, 5.74) is 2.28. The number of benzene rings is 1. The van der Waals surface area contributed by atoms with Crippen molar-refractivity contribution in [2.75, 3.05) is 38.1 Å². The van der Waals surface area contributed by atoms with Gasteiger partial charge in [0.15, 0.2) is 5.96 Å². The molecule has 0 aliphatic carbocycles. The minimum Gasteiger partial charge on any atom is -0.352 e. The maximum atomic E-state index is 11.9. The number of pyridine rings is 1. The van der Waals surface area contributed by atoms with E-state index in [2.05, 4.69) is 54.3 Å². The number of hydrogen-bond donors (Lipinski definition) is 1. The van der Waals surface area contributed by atoms with E-state index >= 15 is 0 Å². The molecule has 1 N–H and O–H groups in total. The number of piperazine rings is 1. The summed E-state index contributed by atoms with van der Waals surface area (Å²) in [7, 11) is 1.82. The Labute approximate surface area is 181 Å². The zero-order valence-corrected chi connectivity index (χ0v) is 17.7. The number of rotatable bonds is 5. The lowest BCUT2D eigenvalue weighted by Crippen LogP contribution is -2.52. The van der Waals surface area contributed by atoms with E-state index in [-0.39, 0.29) is 5.56 Å². The van der Waals surface area contributed by atoms with Crippen LogP contribution in [0, 0.1) is 0 Å². The number of aliphatic imine (C=N–C) groups is 1. The molecule has 8 nitrogen and oxygen atoms in total. The molecular formula is C23H27N7O. The molecule has 1 aliphatic heterocycles. The third-order valence-electron chi connectivity index (χ3n) is 5.35. The van der Waals surface area contributed by atoms with E-state index in [4.69, 9.17) is 0 Å². The van der Waals surface area contributed by atoms with E-state index in [1.165, 1.54) is 5.56 Å². The molecule has 0 saturated carbocycles. The third-order valence-corrected chi connectivity index (χ3v) is 5.35. The van der Waals surface area contributed by atoms with E-state index in [1.54, 1.807) is 29.1 Å². The van der Waals surface area contributed by atoms with Crippen molar-refractivity contribution < 1.29 is 0 Å². The number of nitrogens with zero attached hydrogens (tertiary/aromatic N) is 6. The van der Waals surface area contributed by atoms with Crippen LogP contribution in [-0.4, -0.2) is 58.6 Å². The van der Waals surface area contributed by atoms with Crippen molar-refractivity contribution in [2.45, 2.75) is 13.1 Å². The summed E-state index contributed by atoms with van der Waals surface area (Å²) in [4.78, 5) is 29.5. The van der Waals surface area contributed by atoms with Crippen molar-refractivity contribution in [3.8, 4) is 0 Å². The zero-order valence-electron chi connectivity index (χ0n) is 17.7. The van der Waals surface area contributed by atoms with Gasteiger partial charge in [-0.1, -0.05) is 30.3 Å². The molecule has 0 bridgehead atoms. The van der Waals surface area contributed by atoms with E-state index in [1.807, 2.05) is 25.4 Å². The van der Waals surface area contributed by atoms with Gasteiger partial charge in [-0.05, 0) is 23.3 Å². The van der Waals surface area contributed by atoms with Crippen molar-refractivity contribution in [3.05, 3.63) is 88.6 Å². The van der Waals surface area contributed by atoms with Crippen LogP contribution in [0.2, 0.25) is 0 Å². The molecule has 0 radical (unpaired) electrons. The predicted molar refractivity (Wildman–Crippen MR) is 122 cm³/mol. The second-order valence-corrected chi connectivity index (χ2v) is 7.41. The van der Waals surface area contributed by atoms with E-state index in [9.17, 15) is 4.79 Å². The average Bonchev–Trinajstić information content (AvgIpc) is 2.83. The molecule has 2 aromatic heterocycles. The average molecular weight is 418 g/mol. The van der Waals surface area contributed by atoms with Gasteiger partial charge in [-0.2, -0.15) is 0 Å². The Morgan fingerprint density at radius 3 is 2.35 bits per heavy atom. The van der Waals surface area contributed by atoms with Gasteiger partial charge in [0.1, 0.15) is 0 Å². The molecule has 0 amide bonds. The topological polar surface area (TPSA) is 78.7 Å². The van der Waals surface area contributed by atoms with Crippen LogP contribution in [-0.2, 0) is 13.1 Å². The van der Waals surface area contributed by atoms with Gasteiger partial charge in [0.25, 0.3) is 5.56 Å². The molecule has 160 valence electrons. The summed E-state index contributed by atoms with van der Waals surface area (Å²) in [6, 6.07) is 15.4. The summed E-state index contributed by atoms with van der Waals surface area (Å²) in [6.07, 6.45) is 5.36. The van der Waals surface area contributed by atoms with Crippen LogP contribution in [0.25, 0.3) is 0 Å². The fourth-order valence-electron chi connectivity index (χ4n) is 3.64. The Morgan fingerprint density at radius 1 is 0.968 bits per heavy atom. The number of aromatic nitrogens is 3. The second-order valence-electron chi connectivity index (χ2n) is 7.41. The summed E-state index contributed by atoms with van der Waals surface area (Å²) < 4.78 is 1.70. The minimum absolute atomic E-state index is 0.0102. The lowest BCUT2D eigenvalue weighted by Gasteiger charge is -2.36. The first-order chi connectivity index (χ1) is 15.2. The maximum Gasteiger partial charge on any atom is 0.250 e. The first-order valence-electron chi connectivity index (χ1n) is 10.4. The van der Waals surface area contributed by atoms with Gasteiger partial charge in [-0.15, -0.1) is 0 Å². The van der Waals surface area contributed by atoms with Crippen molar-refractivity contribution >= 4 is 11.9 Å². The van der Waals surface area contributed by atoms with Crippen LogP contribution in [0.1, 0.15) is 11.1 Å². The fourth-order valence-corrected chi connectivity index (χ4v) is 3.64. The third kappa shape index (κ3) is 5.28. The fraction of sp³-hybridized carbons (Fsp3) is 0.304. The molecule has 0 unspecified atom stereocenters. The summed E-state index contributed by atoms with van der Waals surface area (Å²) in [6.45, 7) is 4.71. The lowest BCUT2D eigenvalue weighted by molar-refractivity contribution is 0.370. The maximum absolute atomic E-state index is 11.9. The van der Waals surface area contributed by atoms with Crippen LogP contribution in [0.3, 0.4) is 0 Å². The van der Waals surface area contributed by atoms with Gasteiger partial charge < -0.3 is 19.7 Å². The SMILES string of the molecule is CN=C(NCc1ccc(Cn2ccccc2=O)cc1)N1CCN(c2ncccn2)CC1. The smallest absolute Gasteiger partial charge is 0.250 e. The minimum atomic E-state index is 0.0102. The molecule has 3 heterocycles. The van der Waals surface area contributed by atoms with E-state index in [0.29, 0.717) is 13.1 Å². The number of hydrogen-bond acceptors (Lipinski definition) is 5. The first-order valence-corrected chi connectivity index (χ1v) is 10.4. The van der Waals surface area contributed by atoms with E-state index < -0.39 is 0 Å². The van der Waals surface area contributed by atoms with Gasteiger partial charge in [0, 0.05) is 64.4 Å². The first kappa shape index (κ1) is 20.6. The molecule has 31 heavy (non-hydrogen) atoms. The quantitative estimate of drug-likeness (QED) is 0.502. The van der Waals surface area contributed by atoms with Gasteiger partial charge >= 0.3 is 0 Å². The highest BCUT2D eigenvalue weighted by Gasteiger charge is 2.20. The Hall–Kier alpha value is -3.68. The molecular weight excluding hydrogens is 390 g/mol. The summed E-state index contributed by atoms with van der Waals surface area (Å²) >= 11 is 0. The monoisotopic (exact) mass is 417 g/mol. The lowest BCUT2D eigenvalue weighted by atomic mass is 10.1. The number of nitrogens with one attached hydrogen (secondary N) is 1. The molecule has 1 saturated heterocycles. The molecule has 8 heteroatoms. The van der Waals surface area contributed by atoms with Crippen molar-refractivity contribution in [2.24, 2.45) is 4.99 Å². The highest BCUT2D eigenvalue weighted by atomic mass is 16.1. The van der Waals surface area contributed by atoms with Crippen LogP contribution in [0.15, 0.2) is 76.9 Å². The van der Waals surface area contributed by atoms with Gasteiger partial charge in [0.05, 0.1) is 6.54 Å². The molecule has 1 fully saturated rings. The highest BCUT2D eigenvalue weighted by molar-refractivity contribution is 5.80. The standard InChI is InChI=1S/C23H27N7O/c1-24-22(28-13-15-29(16-14-28)23-25-10-4-11-26-23)27-17-19-6-8-20(9-7-19)18-30-12-3-2-5-21(30)31/h2-12H,13-18H2,1H3,(H,24,27). The zero-order chi connectivity index (χ0) is 21.5.